The SMILES string of the molecule is NCN1CCCNc2ncc(Br)nc21. The predicted molar refractivity (Wildman–Crippen MR) is 59.2 cm³/mol. The Kier molecular flexibility index (Phi) is 2.83. The fraction of sp³-hybridized carbons (Fsp3) is 0.500. The molecule has 0 aliphatic carbocycles. The summed E-state index contributed by atoms with van der Waals surface area (Å²) < 4.78 is 0.735. The highest BCUT2D eigenvalue weighted by Crippen LogP contribution is 2.24. The van der Waals surface area contributed by atoms with Crippen LogP contribution in [0, 0.1) is 0 Å². The van der Waals surface area contributed by atoms with Crippen LogP contribution in [0.4, 0.5) is 11.6 Å². The van der Waals surface area contributed by atoms with Gasteiger partial charge in [0.05, 0.1) is 12.9 Å². The largest absolute Gasteiger partial charge is 0.367 e. The second kappa shape index (κ2) is 4.10. The van der Waals surface area contributed by atoms with Crippen molar-refractivity contribution in [2.45, 2.75) is 6.42 Å². The Balaban J connectivity index is 2.40. The zero-order valence-corrected chi connectivity index (χ0v) is 9.29. The van der Waals surface area contributed by atoms with E-state index in [1.165, 1.54) is 0 Å². The van der Waals surface area contributed by atoms with E-state index in [0.29, 0.717) is 6.67 Å². The molecule has 5 nitrogen and oxygen atoms in total. The van der Waals surface area contributed by atoms with Crippen LogP contribution < -0.4 is 16.0 Å². The fourth-order valence-electron chi connectivity index (χ4n) is 1.46. The van der Waals surface area contributed by atoms with E-state index in [1.807, 2.05) is 4.90 Å². The third-order valence-corrected chi connectivity index (χ3v) is 2.52. The first-order valence-electron chi connectivity index (χ1n) is 4.52. The first kappa shape index (κ1) is 9.67. The van der Waals surface area contributed by atoms with Crippen LogP contribution in [0.25, 0.3) is 0 Å². The molecule has 2 heterocycles. The van der Waals surface area contributed by atoms with Gasteiger partial charge in [-0.2, -0.15) is 0 Å². The molecule has 0 unspecified atom stereocenters. The Labute approximate surface area is 90.8 Å². The van der Waals surface area contributed by atoms with Gasteiger partial charge in [0.15, 0.2) is 11.6 Å². The van der Waals surface area contributed by atoms with Crippen LogP contribution in [0.15, 0.2) is 10.8 Å². The van der Waals surface area contributed by atoms with E-state index >= 15 is 0 Å². The standard InChI is InChI=1S/C8H12BrN5/c9-6-4-12-7-8(13-6)14(5-10)3-1-2-11-7/h4H,1-3,5,10H2,(H,11,12). The van der Waals surface area contributed by atoms with Gasteiger partial charge < -0.3 is 16.0 Å². The molecule has 0 saturated carbocycles. The zero-order chi connectivity index (χ0) is 9.97. The maximum absolute atomic E-state index is 5.65. The summed E-state index contributed by atoms with van der Waals surface area (Å²) in [6, 6.07) is 0. The van der Waals surface area contributed by atoms with Crippen molar-refractivity contribution in [1.29, 1.82) is 0 Å². The molecule has 0 amide bonds. The number of halogens is 1. The number of aromatic nitrogens is 2. The van der Waals surface area contributed by atoms with Gasteiger partial charge in [0.2, 0.25) is 0 Å². The molecule has 1 aromatic heterocycles. The molecule has 0 atom stereocenters. The summed E-state index contributed by atoms with van der Waals surface area (Å²) >= 11 is 3.30. The molecule has 14 heavy (non-hydrogen) atoms. The Bertz CT molecular complexity index is 330. The molecule has 76 valence electrons. The summed E-state index contributed by atoms with van der Waals surface area (Å²) in [6.07, 6.45) is 2.73. The van der Waals surface area contributed by atoms with Crippen LogP contribution in [0.3, 0.4) is 0 Å². The summed E-state index contributed by atoms with van der Waals surface area (Å²) in [5, 5.41) is 3.22. The number of nitrogens with one attached hydrogen (secondary N) is 1. The molecule has 2 rings (SSSR count). The Morgan fingerprint density at radius 3 is 3.29 bits per heavy atom. The Hall–Kier alpha value is -0.880. The van der Waals surface area contributed by atoms with Gasteiger partial charge in [0, 0.05) is 13.1 Å². The van der Waals surface area contributed by atoms with Gasteiger partial charge in [0.25, 0.3) is 0 Å². The second-order valence-electron chi connectivity index (χ2n) is 3.09. The van der Waals surface area contributed by atoms with Crippen molar-refractivity contribution in [3.63, 3.8) is 0 Å². The number of rotatable bonds is 1. The molecule has 3 N–H and O–H groups in total. The second-order valence-corrected chi connectivity index (χ2v) is 3.90. The molecular weight excluding hydrogens is 246 g/mol. The Morgan fingerprint density at radius 1 is 1.64 bits per heavy atom. The Morgan fingerprint density at radius 2 is 2.50 bits per heavy atom. The lowest BCUT2D eigenvalue weighted by molar-refractivity contribution is 0.763. The van der Waals surface area contributed by atoms with Crippen LogP contribution in [-0.4, -0.2) is 29.7 Å². The fourth-order valence-corrected chi connectivity index (χ4v) is 1.73. The zero-order valence-electron chi connectivity index (χ0n) is 7.70. The number of nitrogens with two attached hydrogens (primary N) is 1. The predicted octanol–water partition coefficient (Wildman–Crippen LogP) is 0.777. The first-order chi connectivity index (χ1) is 6.81. The molecule has 0 radical (unpaired) electrons. The van der Waals surface area contributed by atoms with E-state index in [-0.39, 0.29) is 0 Å². The lowest BCUT2D eigenvalue weighted by atomic mass is 10.4. The van der Waals surface area contributed by atoms with Crippen molar-refractivity contribution in [2.75, 3.05) is 30.0 Å². The summed E-state index contributed by atoms with van der Waals surface area (Å²) in [5.74, 6) is 1.65. The van der Waals surface area contributed by atoms with Crippen LogP contribution in [-0.2, 0) is 0 Å². The average molecular weight is 258 g/mol. The highest BCUT2D eigenvalue weighted by atomic mass is 79.9. The molecule has 0 fully saturated rings. The van der Waals surface area contributed by atoms with E-state index in [0.717, 1.165) is 35.7 Å². The quantitative estimate of drug-likeness (QED) is 0.779. The van der Waals surface area contributed by atoms with Gasteiger partial charge in [-0.05, 0) is 22.4 Å². The van der Waals surface area contributed by atoms with Crippen LogP contribution in [0.5, 0.6) is 0 Å². The van der Waals surface area contributed by atoms with Crippen LogP contribution >= 0.6 is 15.9 Å². The van der Waals surface area contributed by atoms with Crippen LogP contribution in [0.2, 0.25) is 0 Å². The average Bonchev–Trinajstić information content (AvgIpc) is 2.39. The lowest BCUT2D eigenvalue weighted by Crippen LogP contribution is -2.31. The molecule has 1 aliphatic heterocycles. The van der Waals surface area contributed by atoms with E-state index in [9.17, 15) is 0 Å². The monoisotopic (exact) mass is 257 g/mol. The molecule has 1 aliphatic rings. The number of fused-ring (bicyclic) bond motifs is 1. The maximum Gasteiger partial charge on any atom is 0.173 e. The molecular formula is C8H12BrN5. The molecule has 6 heteroatoms. The minimum atomic E-state index is 0.472. The summed E-state index contributed by atoms with van der Waals surface area (Å²) in [6.45, 7) is 2.31. The van der Waals surface area contributed by atoms with Gasteiger partial charge >= 0.3 is 0 Å². The van der Waals surface area contributed by atoms with Crippen molar-refractivity contribution in [1.82, 2.24) is 9.97 Å². The van der Waals surface area contributed by atoms with Crippen molar-refractivity contribution >= 4 is 27.6 Å². The number of anilines is 2. The van der Waals surface area contributed by atoms with Crippen molar-refractivity contribution in [3.8, 4) is 0 Å². The van der Waals surface area contributed by atoms with Gasteiger partial charge in [-0.15, -0.1) is 0 Å². The highest BCUT2D eigenvalue weighted by molar-refractivity contribution is 9.10. The van der Waals surface area contributed by atoms with Crippen LogP contribution in [0.1, 0.15) is 6.42 Å². The third-order valence-electron chi connectivity index (χ3n) is 2.14. The number of nitrogens with zero attached hydrogens (tertiary/aromatic N) is 3. The van der Waals surface area contributed by atoms with E-state index < -0.39 is 0 Å². The normalized spacial score (nSPS) is 15.7. The summed E-state index contributed by atoms with van der Waals surface area (Å²) in [4.78, 5) is 10.6. The highest BCUT2D eigenvalue weighted by Gasteiger charge is 2.16. The first-order valence-corrected chi connectivity index (χ1v) is 5.32. The smallest absolute Gasteiger partial charge is 0.173 e. The van der Waals surface area contributed by atoms with Crippen molar-refractivity contribution in [3.05, 3.63) is 10.8 Å². The number of hydrogen-bond acceptors (Lipinski definition) is 5. The summed E-state index contributed by atoms with van der Waals surface area (Å²) in [7, 11) is 0. The van der Waals surface area contributed by atoms with E-state index in [1.54, 1.807) is 6.20 Å². The van der Waals surface area contributed by atoms with Crippen molar-refractivity contribution < 1.29 is 0 Å². The van der Waals surface area contributed by atoms with Crippen molar-refractivity contribution in [2.24, 2.45) is 5.73 Å². The molecule has 0 spiro atoms. The van der Waals surface area contributed by atoms with E-state index in [4.69, 9.17) is 5.73 Å². The van der Waals surface area contributed by atoms with Gasteiger partial charge in [-0.3, -0.25) is 0 Å². The maximum atomic E-state index is 5.65. The van der Waals surface area contributed by atoms with Gasteiger partial charge in [-0.1, -0.05) is 0 Å². The minimum Gasteiger partial charge on any atom is -0.367 e. The lowest BCUT2D eigenvalue weighted by Gasteiger charge is -2.19. The third kappa shape index (κ3) is 1.80. The van der Waals surface area contributed by atoms with Gasteiger partial charge in [0.1, 0.15) is 4.60 Å². The molecule has 0 aromatic carbocycles. The molecule has 0 saturated heterocycles. The van der Waals surface area contributed by atoms with E-state index in [2.05, 4.69) is 31.2 Å². The summed E-state index contributed by atoms with van der Waals surface area (Å²) in [5.41, 5.74) is 5.65. The number of hydrogen-bond donors (Lipinski definition) is 2. The minimum absolute atomic E-state index is 0.472. The topological polar surface area (TPSA) is 67.1 Å². The molecule has 1 aromatic rings. The van der Waals surface area contributed by atoms with Gasteiger partial charge in [-0.25, -0.2) is 9.97 Å². The molecule has 0 bridgehead atoms.